The minimum atomic E-state index is -0.337. The number of fused-ring (bicyclic) bond motifs is 6. The van der Waals surface area contributed by atoms with E-state index in [4.69, 9.17) is 0 Å². The Balaban J connectivity index is 1.95. The molecule has 0 amide bonds. The quantitative estimate of drug-likeness (QED) is 0.782. The number of rotatable bonds is 0. The summed E-state index contributed by atoms with van der Waals surface area (Å²) < 4.78 is 1.07. The zero-order chi connectivity index (χ0) is 13.9. The first kappa shape index (κ1) is 12.6. The van der Waals surface area contributed by atoms with Crippen LogP contribution in [0.5, 0.6) is 0 Å². The third-order valence-corrected chi connectivity index (χ3v) is 5.32. The minimum Gasteiger partial charge on any atom is -0.313 e. The molecule has 2 heterocycles. The van der Waals surface area contributed by atoms with Gasteiger partial charge < -0.3 is 5.21 Å². The van der Waals surface area contributed by atoms with E-state index in [0.717, 1.165) is 17.3 Å². The molecular weight excluding hydrogens is 314 g/mol. The summed E-state index contributed by atoms with van der Waals surface area (Å²) in [5.74, 6) is 0. The van der Waals surface area contributed by atoms with Crippen molar-refractivity contribution < 1.29 is 5.21 Å². The van der Waals surface area contributed by atoms with Crippen LogP contribution >= 0.6 is 15.9 Å². The molecule has 0 fully saturated rings. The van der Waals surface area contributed by atoms with Crippen LogP contribution < -0.4 is 0 Å². The van der Waals surface area contributed by atoms with Crippen molar-refractivity contribution in [2.24, 2.45) is 0 Å². The highest BCUT2D eigenvalue weighted by molar-refractivity contribution is 9.10. The van der Waals surface area contributed by atoms with Gasteiger partial charge in [0.25, 0.3) is 0 Å². The largest absolute Gasteiger partial charge is 0.313 e. The fourth-order valence-corrected chi connectivity index (χ4v) is 4.13. The van der Waals surface area contributed by atoms with E-state index in [-0.39, 0.29) is 11.6 Å². The number of hydrogen-bond donors (Lipinski definition) is 1. The molecule has 3 heteroatoms. The molecule has 0 radical (unpaired) electrons. The van der Waals surface area contributed by atoms with Crippen LogP contribution in [0.1, 0.15) is 35.2 Å². The second-order valence-electron chi connectivity index (χ2n) is 6.02. The molecule has 0 aromatic heterocycles. The molecule has 2 aliphatic rings. The van der Waals surface area contributed by atoms with Crippen LogP contribution in [0.25, 0.3) is 0 Å². The zero-order valence-electron chi connectivity index (χ0n) is 11.3. The molecule has 2 nitrogen and oxygen atoms in total. The first-order valence-corrected chi connectivity index (χ1v) is 7.74. The molecular formula is C17H16BrNO. The molecule has 0 saturated carbocycles. The molecule has 2 bridgehead atoms. The van der Waals surface area contributed by atoms with E-state index in [1.165, 1.54) is 22.3 Å². The normalized spacial score (nSPS) is 27.9. The van der Waals surface area contributed by atoms with Gasteiger partial charge in [-0.05, 0) is 54.2 Å². The second kappa shape index (κ2) is 4.17. The lowest BCUT2D eigenvalue weighted by molar-refractivity contribution is -0.188. The molecule has 1 N–H and O–H groups in total. The maximum absolute atomic E-state index is 10.8. The molecule has 20 heavy (non-hydrogen) atoms. The van der Waals surface area contributed by atoms with Gasteiger partial charge in [0.05, 0.1) is 11.6 Å². The van der Waals surface area contributed by atoms with Gasteiger partial charge in [-0.3, -0.25) is 0 Å². The van der Waals surface area contributed by atoms with Crippen molar-refractivity contribution in [1.29, 1.82) is 0 Å². The average Bonchev–Trinajstić information content (AvgIpc) is 2.56. The van der Waals surface area contributed by atoms with Crippen LogP contribution in [0.2, 0.25) is 0 Å². The van der Waals surface area contributed by atoms with E-state index in [1.54, 1.807) is 5.06 Å². The highest BCUT2D eigenvalue weighted by atomic mass is 79.9. The third kappa shape index (κ3) is 1.57. The topological polar surface area (TPSA) is 23.5 Å². The lowest BCUT2D eigenvalue weighted by Gasteiger charge is -2.32. The van der Waals surface area contributed by atoms with Crippen molar-refractivity contribution in [3.63, 3.8) is 0 Å². The number of hydroxylamine groups is 2. The van der Waals surface area contributed by atoms with Crippen LogP contribution in [0, 0.1) is 0 Å². The maximum atomic E-state index is 10.8. The molecule has 2 atom stereocenters. The van der Waals surface area contributed by atoms with Gasteiger partial charge in [0, 0.05) is 4.47 Å². The highest BCUT2D eigenvalue weighted by Crippen LogP contribution is 2.51. The second-order valence-corrected chi connectivity index (χ2v) is 6.93. The summed E-state index contributed by atoms with van der Waals surface area (Å²) in [6.45, 7) is 2.14. The van der Waals surface area contributed by atoms with Gasteiger partial charge >= 0.3 is 0 Å². The SMILES string of the molecule is CC12Cc3ccccc3CC(c3ccc(Br)cc31)N2O. The number of hydrogen-bond acceptors (Lipinski definition) is 2. The van der Waals surface area contributed by atoms with Crippen LogP contribution in [0.15, 0.2) is 46.9 Å². The van der Waals surface area contributed by atoms with Crippen LogP contribution in [0.4, 0.5) is 0 Å². The summed E-state index contributed by atoms with van der Waals surface area (Å²) in [4.78, 5) is 0. The Morgan fingerprint density at radius 2 is 1.95 bits per heavy atom. The first-order chi connectivity index (χ1) is 9.59. The van der Waals surface area contributed by atoms with Crippen LogP contribution in [-0.2, 0) is 18.4 Å². The lowest BCUT2D eigenvalue weighted by atomic mass is 9.82. The molecule has 0 saturated heterocycles. The van der Waals surface area contributed by atoms with Gasteiger partial charge in [-0.15, -0.1) is 0 Å². The van der Waals surface area contributed by atoms with Gasteiger partial charge in [-0.2, -0.15) is 5.06 Å². The molecule has 0 aliphatic carbocycles. The van der Waals surface area contributed by atoms with E-state index in [2.05, 4.69) is 65.3 Å². The molecule has 2 aromatic carbocycles. The Morgan fingerprint density at radius 3 is 2.75 bits per heavy atom. The summed E-state index contributed by atoms with van der Waals surface area (Å²) in [7, 11) is 0. The van der Waals surface area contributed by atoms with Gasteiger partial charge in [0.1, 0.15) is 0 Å². The monoisotopic (exact) mass is 329 g/mol. The number of nitrogens with zero attached hydrogens (tertiary/aromatic N) is 1. The Morgan fingerprint density at radius 1 is 1.20 bits per heavy atom. The van der Waals surface area contributed by atoms with E-state index in [1.807, 2.05) is 0 Å². The van der Waals surface area contributed by atoms with Crippen LogP contribution in [0.3, 0.4) is 0 Å². The van der Waals surface area contributed by atoms with Crippen LogP contribution in [-0.4, -0.2) is 10.3 Å². The number of benzene rings is 2. The highest BCUT2D eigenvalue weighted by Gasteiger charge is 2.49. The van der Waals surface area contributed by atoms with Gasteiger partial charge in [-0.1, -0.05) is 46.3 Å². The number of halogens is 1. The van der Waals surface area contributed by atoms with Crippen molar-refractivity contribution in [2.75, 3.05) is 0 Å². The fraction of sp³-hybridized carbons (Fsp3) is 0.294. The van der Waals surface area contributed by atoms with Gasteiger partial charge in [-0.25, -0.2) is 0 Å². The molecule has 2 aromatic rings. The zero-order valence-corrected chi connectivity index (χ0v) is 12.9. The van der Waals surface area contributed by atoms with E-state index in [9.17, 15) is 5.21 Å². The van der Waals surface area contributed by atoms with E-state index in [0.29, 0.717) is 0 Å². The molecule has 2 aliphatic heterocycles. The smallest absolute Gasteiger partial charge is 0.0731 e. The standard InChI is InChI=1S/C17H16BrNO/c1-17-10-12-5-3-2-4-11(12)8-16(19(17)20)14-7-6-13(18)9-15(14)17/h2-7,9,16,20H,8,10H2,1H3. The summed E-state index contributed by atoms with van der Waals surface area (Å²) in [5.41, 5.74) is 4.87. The van der Waals surface area contributed by atoms with Crippen molar-refractivity contribution in [1.82, 2.24) is 5.06 Å². The van der Waals surface area contributed by atoms with Gasteiger partial charge in [0.15, 0.2) is 0 Å². The summed E-state index contributed by atoms with van der Waals surface area (Å²) in [6, 6.07) is 15.0. The van der Waals surface area contributed by atoms with Gasteiger partial charge in [0.2, 0.25) is 0 Å². The molecule has 2 unspecified atom stereocenters. The third-order valence-electron chi connectivity index (χ3n) is 4.82. The van der Waals surface area contributed by atoms with Crippen molar-refractivity contribution >= 4 is 15.9 Å². The van der Waals surface area contributed by atoms with Crippen molar-refractivity contribution in [3.05, 3.63) is 69.2 Å². The predicted octanol–water partition coefficient (Wildman–Crippen LogP) is 4.21. The predicted molar refractivity (Wildman–Crippen MR) is 81.7 cm³/mol. The molecule has 4 rings (SSSR count). The maximum Gasteiger partial charge on any atom is 0.0731 e. The summed E-state index contributed by atoms with van der Waals surface area (Å²) in [5, 5.41) is 12.3. The Labute approximate surface area is 127 Å². The van der Waals surface area contributed by atoms with E-state index >= 15 is 0 Å². The van der Waals surface area contributed by atoms with E-state index < -0.39 is 0 Å². The minimum absolute atomic E-state index is 0.0618. The average molecular weight is 330 g/mol. The Kier molecular flexibility index (Phi) is 2.62. The Hall–Kier alpha value is -1.16. The lowest BCUT2D eigenvalue weighted by Crippen LogP contribution is -2.38. The van der Waals surface area contributed by atoms with Crippen molar-refractivity contribution in [2.45, 2.75) is 31.3 Å². The van der Waals surface area contributed by atoms with Crippen molar-refractivity contribution in [3.8, 4) is 0 Å². The summed E-state index contributed by atoms with van der Waals surface area (Å²) >= 11 is 3.56. The molecule has 0 spiro atoms. The molecule has 102 valence electrons. The fourth-order valence-electron chi connectivity index (χ4n) is 3.77. The first-order valence-electron chi connectivity index (χ1n) is 6.94. The summed E-state index contributed by atoms with van der Waals surface area (Å²) in [6.07, 6.45) is 1.72. The Bertz CT molecular complexity index is 699.